The first-order valence-corrected chi connectivity index (χ1v) is 11.2. The van der Waals surface area contributed by atoms with Gasteiger partial charge in [0.1, 0.15) is 11.6 Å². The van der Waals surface area contributed by atoms with Crippen LogP contribution in [0.2, 0.25) is 0 Å². The molecule has 0 saturated heterocycles. The molecule has 3 rings (SSSR count). The third-order valence-corrected chi connectivity index (χ3v) is 6.24. The van der Waals surface area contributed by atoms with E-state index in [2.05, 4.69) is 20.8 Å². The highest BCUT2D eigenvalue weighted by Crippen LogP contribution is 2.25. The predicted octanol–water partition coefficient (Wildman–Crippen LogP) is 3.85. The summed E-state index contributed by atoms with van der Waals surface area (Å²) in [4.78, 5) is 36.7. The number of ketones is 1. The fourth-order valence-corrected chi connectivity index (χ4v) is 3.93. The van der Waals surface area contributed by atoms with Gasteiger partial charge in [-0.05, 0) is 37.6 Å². The summed E-state index contributed by atoms with van der Waals surface area (Å²) in [6.07, 6.45) is 0.429. The molecule has 172 valence electrons. The van der Waals surface area contributed by atoms with Crippen molar-refractivity contribution in [1.29, 1.82) is 0 Å². The molecule has 33 heavy (non-hydrogen) atoms. The lowest BCUT2D eigenvalue weighted by Crippen LogP contribution is -2.25. The van der Waals surface area contributed by atoms with E-state index < -0.39 is 17.0 Å². The standard InChI is InChI=1S/C23H24FN5O3S/c1-4-19(22(32)25-16-9-7-8-15(12-16)14(2)30)33-23-28-27-20(29(23)3)13-21(31)26-18-11-6-5-10-17(18)24/h5-12,19H,4,13H2,1-3H3,(H,25,32)(H,26,31)/t19-/m1/s1. The van der Waals surface area contributed by atoms with Crippen LogP contribution in [0.5, 0.6) is 0 Å². The van der Waals surface area contributed by atoms with Crippen molar-refractivity contribution >= 4 is 40.7 Å². The fraction of sp³-hybridized carbons (Fsp3) is 0.261. The Labute approximate surface area is 195 Å². The summed E-state index contributed by atoms with van der Waals surface area (Å²) in [6.45, 7) is 3.34. The second kappa shape index (κ2) is 10.9. The predicted molar refractivity (Wildman–Crippen MR) is 125 cm³/mol. The Morgan fingerprint density at radius 3 is 2.55 bits per heavy atom. The van der Waals surface area contributed by atoms with E-state index >= 15 is 0 Å². The van der Waals surface area contributed by atoms with Crippen LogP contribution in [-0.4, -0.2) is 37.6 Å². The number of hydrogen-bond acceptors (Lipinski definition) is 6. The number of nitrogens with one attached hydrogen (secondary N) is 2. The number of carbonyl (C=O) groups excluding carboxylic acids is 3. The Hall–Kier alpha value is -3.53. The van der Waals surface area contributed by atoms with E-state index in [1.807, 2.05) is 6.92 Å². The van der Waals surface area contributed by atoms with Gasteiger partial charge in [0.05, 0.1) is 17.4 Å². The van der Waals surface area contributed by atoms with Crippen LogP contribution in [0.1, 0.15) is 36.5 Å². The Bertz CT molecular complexity index is 1180. The molecule has 0 aliphatic carbocycles. The normalized spacial score (nSPS) is 11.6. The van der Waals surface area contributed by atoms with Crippen molar-refractivity contribution in [1.82, 2.24) is 14.8 Å². The van der Waals surface area contributed by atoms with Gasteiger partial charge in [-0.1, -0.05) is 43.0 Å². The van der Waals surface area contributed by atoms with E-state index in [4.69, 9.17) is 0 Å². The third kappa shape index (κ3) is 6.26. The zero-order valence-electron chi connectivity index (χ0n) is 18.5. The Kier molecular flexibility index (Phi) is 7.94. The molecule has 0 aliphatic heterocycles. The summed E-state index contributed by atoms with van der Waals surface area (Å²) >= 11 is 1.23. The second-order valence-electron chi connectivity index (χ2n) is 7.30. The highest BCUT2D eigenvalue weighted by atomic mass is 32.2. The number of thioether (sulfide) groups is 1. The van der Waals surface area contributed by atoms with Crippen LogP contribution in [0.25, 0.3) is 0 Å². The number of aromatic nitrogens is 3. The minimum absolute atomic E-state index is 0.0850. The van der Waals surface area contributed by atoms with Gasteiger partial charge < -0.3 is 15.2 Å². The molecule has 8 nitrogen and oxygen atoms in total. The molecule has 10 heteroatoms. The summed E-state index contributed by atoms with van der Waals surface area (Å²) in [5.74, 6) is -0.882. The molecule has 1 atom stereocenters. The van der Waals surface area contributed by atoms with E-state index in [0.717, 1.165) is 0 Å². The lowest BCUT2D eigenvalue weighted by Gasteiger charge is -2.14. The first-order chi connectivity index (χ1) is 15.8. The van der Waals surface area contributed by atoms with Gasteiger partial charge in [0.15, 0.2) is 10.9 Å². The molecule has 0 spiro atoms. The number of carbonyl (C=O) groups is 3. The molecule has 1 heterocycles. The lowest BCUT2D eigenvalue weighted by molar-refractivity contribution is -0.116. The summed E-state index contributed by atoms with van der Waals surface area (Å²) in [5.41, 5.74) is 1.14. The van der Waals surface area contributed by atoms with Gasteiger partial charge in [-0.3, -0.25) is 14.4 Å². The minimum Gasteiger partial charge on any atom is -0.325 e. The van der Waals surface area contributed by atoms with Crippen molar-refractivity contribution in [3.05, 3.63) is 65.7 Å². The van der Waals surface area contributed by atoms with Crippen LogP contribution in [0.4, 0.5) is 15.8 Å². The van der Waals surface area contributed by atoms with Crippen LogP contribution in [0.3, 0.4) is 0 Å². The van der Waals surface area contributed by atoms with Crippen LogP contribution in [0.15, 0.2) is 53.7 Å². The van der Waals surface area contributed by atoms with Gasteiger partial charge in [0, 0.05) is 18.3 Å². The fourth-order valence-electron chi connectivity index (χ4n) is 2.99. The molecule has 1 aromatic heterocycles. The number of nitrogens with zero attached hydrogens (tertiary/aromatic N) is 3. The third-order valence-electron chi connectivity index (χ3n) is 4.84. The van der Waals surface area contributed by atoms with Crippen molar-refractivity contribution in [3.63, 3.8) is 0 Å². The number of Topliss-reactive ketones (excluding diaryl/α,β-unsaturated/α-hetero) is 1. The van der Waals surface area contributed by atoms with Crippen molar-refractivity contribution in [2.24, 2.45) is 7.05 Å². The minimum atomic E-state index is -0.523. The SMILES string of the molecule is CC[C@@H](Sc1nnc(CC(=O)Nc2ccccc2F)n1C)C(=O)Nc1cccc(C(C)=O)c1. The van der Waals surface area contributed by atoms with Gasteiger partial charge >= 0.3 is 0 Å². The molecule has 0 aliphatic rings. The van der Waals surface area contributed by atoms with Gasteiger partial charge in [-0.15, -0.1) is 10.2 Å². The molecule has 2 amide bonds. The monoisotopic (exact) mass is 469 g/mol. The number of anilines is 2. The summed E-state index contributed by atoms with van der Waals surface area (Å²) in [6, 6.07) is 12.7. The summed E-state index contributed by atoms with van der Waals surface area (Å²) in [7, 11) is 1.70. The molecule has 2 aromatic carbocycles. The zero-order chi connectivity index (χ0) is 24.0. The topological polar surface area (TPSA) is 106 Å². The van der Waals surface area contributed by atoms with Crippen LogP contribution < -0.4 is 10.6 Å². The maximum Gasteiger partial charge on any atom is 0.237 e. The quantitative estimate of drug-likeness (QED) is 0.364. The van der Waals surface area contributed by atoms with Crippen molar-refractivity contribution in [2.45, 2.75) is 37.1 Å². The smallest absolute Gasteiger partial charge is 0.237 e. The average molecular weight is 470 g/mol. The highest BCUT2D eigenvalue weighted by molar-refractivity contribution is 8.00. The number of amides is 2. The van der Waals surface area contributed by atoms with E-state index in [-0.39, 0.29) is 23.8 Å². The molecule has 0 unspecified atom stereocenters. The number of hydrogen-bond donors (Lipinski definition) is 2. The maximum absolute atomic E-state index is 13.7. The number of para-hydroxylation sites is 1. The number of rotatable bonds is 9. The van der Waals surface area contributed by atoms with Gasteiger partial charge in [-0.2, -0.15) is 0 Å². The van der Waals surface area contributed by atoms with E-state index in [9.17, 15) is 18.8 Å². The van der Waals surface area contributed by atoms with Gasteiger partial charge in [0.2, 0.25) is 11.8 Å². The first kappa shape index (κ1) is 24.1. The maximum atomic E-state index is 13.7. The van der Waals surface area contributed by atoms with Crippen molar-refractivity contribution in [2.75, 3.05) is 10.6 Å². The summed E-state index contributed by atoms with van der Waals surface area (Å²) < 4.78 is 15.4. The Balaban J connectivity index is 1.64. The molecule has 0 bridgehead atoms. The lowest BCUT2D eigenvalue weighted by atomic mass is 10.1. The molecule has 0 radical (unpaired) electrons. The van der Waals surface area contributed by atoms with Crippen molar-refractivity contribution < 1.29 is 18.8 Å². The van der Waals surface area contributed by atoms with Crippen LogP contribution in [-0.2, 0) is 23.1 Å². The van der Waals surface area contributed by atoms with Crippen LogP contribution >= 0.6 is 11.8 Å². The molecule has 3 aromatic rings. The Morgan fingerprint density at radius 1 is 1.09 bits per heavy atom. The molecular formula is C23H24FN5O3S. The average Bonchev–Trinajstić information content (AvgIpc) is 3.12. The van der Waals surface area contributed by atoms with E-state index in [1.54, 1.807) is 41.9 Å². The zero-order valence-corrected chi connectivity index (χ0v) is 19.3. The summed E-state index contributed by atoms with van der Waals surface area (Å²) in [5, 5.41) is 13.5. The molecule has 2 N–H and O–H groups in total. The first-order valence-electron chi connectivity index (χ1n) is 10.3. The van der Waals surface area contributed by atoms with Gasteiger partial charge in [0.25, 0.3) is 0 Å². The van der Waals surface area contributed by atoms with E-state index in [0.29, 0.717) is 28.7 Å². The molecule has 0 fully saturated rings. The molecular weight excluding hydrogens is 445 g/mol. The van der Waals surface area contributed by atoms with E-state index in [1.165, 1.54) is 36.9 Å². The van der Waals surface area contributed by atoms with Gasteiger partial charge in [-0.25, -0.2) is 4.39 Å². The van der Waals surface area contributed by atoms with Crippen molar-refractivity contribution in [3.8, 4) is 0 Å². The second-order valence-corrected chi connectivity index (χ2v) is 8.47. The molecule has 0 saturated carbocycles. The Morgan fingerprint density at radius 2 is 1.85 bits per heavy atom. The van der Waals surface area contributed by atoms with Crippen LogP contribution in [0, 0.1) is 5.82 Å². The highest BCUT2D eigenvalue weighted by Gasteiger charge is 2.22. The number of benzene rings is 2. The number of halogens is 1. The largest absolute Gasteiger partial charge is 0.325 e.